The summed E-state index contributed by atoms with van der Waals surface area (Å²) < 4.78 is 21.9. The highest BCUT2D eigenvalue weighted by Gasteiger charge is 2.06. The fraction of sp³-hybridized carbons (Fsp3) is 0.300. The average Bonchev–Trinajstić information content (AvgIpc) is 2.16. The van der Waals surface area contributed by atoms with Crippen molar-refractivity contribution in [3.05, 3.63) is 28.8 Å². The first kappa shape index (κ1) is 13.5. The van der Waals surface area contributed by atoms with E-state index in [-0.39, 0.29) is 5.75 Å². The number of hydrogen-bond acceptors (Lipinski definition) is 4. The summed E-state index contributed by atoms with van der Waals surface area (Å²) in [5, 5.41) is 0.535. The van der Waals surface area contributed by atoms with Crippen molar-refractivity contribution in [2.75, 3.05) is 17.8 Å². The van der Waals surface area contributed by atoms with Crippen molar-refractivity contribution < 1.29 is 13.2 Å². The molecule has 3 nitrogen and oxygen atoms in total. The van der Waals surface area contributed by atoms with Crippen LogP contribution in [-0.2, 0) is 9.84 Å². The third-order valence-electron chi connectivity index (χ3n) is 1.81. The van der Waals surface area contributed by atoms with Crippen molar-refractivity contribution in [1.29, 1.82) is 0 Å². The molecular weight excluding hydrogens is 268 g/mol. The Morgan fingerprint density at radius 1 is 1.44 bits per heavy atom. The minimum absolute atomic E-state index is 0.0858. The van der Waals surface area contributed by atoms with Gasteiger partial charge in [-0.15, -0.1) is 11.8 Å². The number of hydrogen-bond donors (Lipinski definition) is 0. The highest BCUT2D eigenvalue weighted by atomic mass is 35.5. The van der Waals surface area contributed by atoms with Crippen LogP contribution in [0.5, 0.6) is 0 Å². The van der Waals surface area contributed by atoms with Crippen LogP contribution in [0.15, 0.2) is 23.1 Å². The lowest BCUT2D eigenvalue weighted by molar-refractivity contribution is 0.112. The zero-order valence-corrected chi connectivity index (χ0v) is 11.0. The largest absolute Gasteiger partial charge is 0.298 e. The van der Waals surface area contributed by atoms with Gasteiger partial charge >= 0.3 is 0 Å². The highest BCUT2D eigenvalue weighted by Crippen LogP contribution is 2.25. The van der Waals surface area contributed by atoms with Crippen LogP contribution in [-0.4, -0.2) is 32.5 Å². The zero-order chi connectivity index (χ0) is 12.2. The number of rotatable bonds is 5. The number of carbonyl (C=O) groups excluding carboxylic acids is 1. The molecule has 1 rings (SSSR count). The number of carbonyl (C=O) groups is 1. The second kappa shape index (κ2) is 5.70. The van der Waals surface area contributed by atoms with Gasteiger partial charge in [0.2, 0.25) is 0 Å². The monoisotopic (exact) mass is 278 g/mol. The lowest BCUT2D eigenvalue weighted by Crippen LogP contribution is -2.05. The third-order valence-corrected chi connectivity index (χ3v) is 4.33. The molecule has 0 radical (unpaired) electrons. The maximum absolute atomic E-state index is 10.9. The smallest absolute Gasteiger partial charge is 0.151 e. The Labute approximate surface area is 104 Å². The van der Waals surface area contributed by atoms with E-state index in [1.54, 1.807) is 18.2 Å². The summed E-state index contributed by atoms with van der Waals surface area (Å²) in [7, 11) is -2.97. The Morgan fingerprint density at radius 3 is 2.69 bits per heavy atom. The Bertz CT molecular complexity index is 483. The molecule has 1 aromatic carbocycles. The summed E-state index contributed by atoms with van der Waals surface area (Å²) in [6.45, 7) is 0. The van der Waals surface area contributed by atoms with Gasteiger partial charge in [-0.25, -0.2) is 8.42 Å². The van der Waals surface area contributed by atoms with E-state index in [9.17, 15) is 13.2 Å². The zero-order valence-electron chi connectivity index (χ0n) is 8.64. The molecule has 0 bridgehead atoms. The highest BCUT2D eigenvalue weighted by molar-refractivity contribution is 8.00. The predicted octanol–water partition coefficient (Wildman–Crippen LogP) is 2.29. The molecule has 0 spiro atoms. The minimum Gasteiger partial charge on any atom is -0.298 e. The van der Waals surface area contributed by atoms with Gasteiger partial charge in [-0.3, -0.25) is 4.79 Å². The SMILES string of the molecule is CS(=O)(=O)CCSc1cc(Cl)ccc1C=O. The first-order valence-corrected chi connectivity index (χ1v) is 7.90. The molecule has 6 heteroatoms. The van der Waals surface area contributed by atoms with Gasteiger partial charge in [0.1, 0.15) is 9.84 Å². The van der Waals surface area contributed by atoms with E-state index in [1.807, 2.05) is 0 Å². The summed E-state index contributed by atoms with van der Waals surface area (Å²) in [6.07, 6.45) is 1.92. The molecule has 0 amide bonds. The lowest BCUT2D eigenvalue weighted by Gasteiger charge is -2.04. The molecule has 16 heavy (non-hydrogen) atoms. The van der Waals surface area contributed by atoms with Crippen molar-refractivity contribution in [3.8, 4) is 0 Å². The molecule has 0 atom stereocenters. The predicted molar refractivity (Wildman–Crippen MR) is 67.3 cm³/mol. The van der Waals surface area contributed by atoms with Gasteiger partial charge in [0.25, 0.3) is 0 Å². The maximum Gasteiger partial charge on any atom is 0.151 e. The molecule has 0 aromatic heterocycles. The van der Waals surface area contributed by atoms with E-state index >= 15 is 0 Å². The summed E-state index contributed by atoms with van der Waals surface area (Å²) >= 11 is 7.11. The quantitative estimate of drug-likeness (QED) is 0.612. The molecule has 0 fully saturated rings. The number of aldehydes is 1. The molecule has 0 aliphatic heterocycles. The van der Waals surface area contributed by atoms with Crippen molar-refractivity contribution in [2.24, 2.45) is 0 Å². The summed E-state index contributed by atoms with van der Waals surface area (Å²) in [6, 6.07) is 4.92. The van der Waals surface area contributed by atoms with Crippen LogP contribution < -0.4 is 0 Å². The third kappa shape index (κ3) is 4.55. The van der Waals surface area contributed by atoms with Crippen molar-refractivity contribution in [1.82, 2.24) is 0 Å². The van der Waals surface area contributed by atoms with Crippen molar-refractivity contribution >= 4 is 39.5 Å². The number of benzene rings is 1. The fourth-order valence-corrected chi connectivity index (χ4v) is 3.53. The van der Waals surface area contributed by atoms with Crippen molar-refractivity contribution in [3.63, 3.8) is 0 Å². The molecule has 0 unspecified atom stereocenters. The molecule has 0 saturated carbocycles. The number of sulfone groups is 1. The minimum atomic E-state index is -2.97. The van der Waals surface area contributed by atoms with Crippen LogP contribution in [0.25, 0.3) is 0 Å². The van der Waals surface area contributed by atoms with Gasteiger partial charge in [0.05, 0.1) is 5.75 Å². The van der Waals surface area contributed by atoms with Gasteiger partial charge < -0.3 is 0 Å². The Hall–Kier alpha value is -0.520. The standard InChI is InChI=1S/C10H11ClO3S2/c1-16(13,14)5-4-15-10-6-9(11)3-2-8(10)7-12/h2-3,6-7H,4-5H2,1H3. The molecular formula is C10H11ClO3S2. The Kier molecular flexibility index (Phi) is 4.83. The lowest BCUT2D eigenvalue weighted by atomic mass is 10.2. The summed E-state index contributed by atoms with van der Waals surface area (Å²) in [5.74, 6) is 0.502. The molecule has 0 aliphatic rings. The molecule has 0 aliphatic carbocycles. The van der Waals surface area contributed by atoms with Gasteiger partial charge in [-0.2, -0.15) is 0 Å². The number of thioether (sulfide) groups is 1. The van der Waals surface area contributed by atoms with Gasteiger partial charge in [-0.05, 0) is 18.2 Å². The molecule has 88 valence electrons. The average molecular weight is 279 g/mol. The van der Waals surface area contributed by atoms with E-state index in [1.165, 1.54) is 18.0 Å². The number of halogens is 1. The van der Waals surface area contributed by atoms with E-state index in [0.717, 1.165) is 6.29 Å². The van der Waals surface area contributed by atoms with Crippen LogP contribution in [0.4, 0.5) is 0 Å². The van der Waals surface area contributed by atoms with Gasteiger partial charge in [0, 0.05) is 27.5 Å². The second-order valence-corrected chi connectivity index (χ2v) is 7.11. The van der Waals surface area contributed by atoms with E-state index < -0.39 is 9.84 Å². The van der Waals surface area contributed by atoms with Crippen molar-refractivity contribution in [2.45, 2.75) is 4.90 Å². The Morgan fingerprint density at radius 2 is 2.12 bits per heavy atom. The van der Waals surface area contributed by atoms with Gasteiger partial charge in [-0.1, -0.05) is 11.6 Å². The van der Waals surface area contributed by atoms with Crippen LogP contribution in [0.2, 0.25) is 5.02 Å². The van der Waals surface area contributed by atoms with E-state index in [0.29, 0.717) is 21.2 Å². The van der Waals surface area contributed by atoms with Gasteiger partial charge in [0.15, 0.2) is 6.29 Å². The second-order valence-electron chi connectivity index (χ2n) is 3.28. The first-order valence-electron chi connectivity index (χ1n) is 4.47. The molecule has 0 heterocycles. The first-order chi connectivity index (χ1) is 7.42. The normalized spacial score (nSPS) is 11.4. The maximum atomic E-state index is 10.9. The van der Waals surface area contributed by atoms with Crippen LogP contribution >= 0.6 is 23.4 Å². The fourth-order valence-electron chi connectivity index (χ4n) is 1.03. The van der Waals surface area contributed by atoms with E-state index in [4.69, 9.17) is 11.6 Å². The van der Waals surface area contributed by atoms with Crippen LogP contribution in [0, 0.1) is 0 Å². The topological polar surface area (TPSA) is 51.2 Å². The Balaban J connectivity index is 2.73. The molecule has 0 saturated heterocycles. The summed E-state index contributed by atoms with van der Waals surface area (Å²) in [4.78, 5) is 11.4. The van der Waals surface area contributed by atoms with E-state index in [2.05, 4.69) is 0 Å². The molecule has 1 aromatic rings. The van der Waals surface area contributed by atoms with Crippen LogP contribution in [0.3, 0.4) is 0 Å². The van der Waals surface area contributed by atoms with Crippen LogP contribution in [0.1, 0.15) is 10.4 Å². The summed E-state index contributed by atoms with van der Waals surface area (Å²) in [5.41, 5.74) is 0.530. The molecule has 0 N–H and O–H groups in total.